The number of benzene rings is 2. The molecule has 0 aliphatic rings. The highest BCUT2D eigenvalue weighted by Gasteiger charge is 2.13. The summed E-state index contributed by atoms with van der Waals surface area (Å²) in [4.78, 5) is 14.0. The Kier molecular flexibility index (Phi) is 4.30. The summed E-state index contributed by atoms with van der Waals surface area (Å²) in [5.41, 5.74) is 6.54. The van der Waals surface area contributed by atoms with Gasteiger partial charge in [-0.05, 0) is 29.3 Å². The molecular formula is C18H18N2O3. The van der Waals surface area contributed by atoms with Gasteiger partial charge in [-0.2, -0.15) is 0 Å². The first-order chi connectivity index (χ1) is 11.1. The van der Waals surface area contributed by atoms with Crippen molar-refractivity contribution in [2.75, 3.05) is 0 Å². The largest absolute Gasteiger partial charge is 0.544 e. The number of carbonyl (C=O) groups is 1. The Morgan fingerprint density at radius 3 is 2.74 bits per heavy atom. The van der Waals surface area contributed by atoms with Gasteiger partial charge in [0.05, 0.1) is 5.97 Å². The van der Waals surface area contributed by atoms with Gasteiger partial charge in [0.15, 0.2) is 0 Å². The first-order valence-electron chi connectivity index (χ1n) is 7.44. The smallest absolute Gasteiger partial charge is 0.129 e. The Morgan fingerprint density at radius 1 is 1.22 bits per heavy atom. The van der Waals surface area contributed by atoms with Gasteiger partial charge in [-0.3, -0.25) is 0 Å². The lowest BCUT2D eigenvalue weighted by molar-refractivity contribution is -0.436. The van der Waals surface area contributed by atoms with E-state index in [1.807, 2.05) is 54.7 Å². The van der Waals surface area contributed by atoms with Crippen LogP contribution in [0.4, 0.5) is 0 Å². The van der Waals surface area contributed by atoms with E-state index in [0.29, 0.717) is 13.0 Å². The lowest BCUT2D eigenvalue weighted by Gasteiger charge is -2.09. The average molecular weight is 310 g/mol. The third kappa shape index (κ3) is 3.52. The predicted molar refractivity (Wildman–Crippen MR) is 84.5 cm³/mol. The van der Waals surface area contributed by atoms with Crippen molar-refractivity contribution in [3.8, 4) is 5.75 Å². The van der Waals surface area contributed by atoms with E-state index < -0.39 is 12.0 Å². The molecule has 1 atom stereocenters. The number of hydrogen-bond donors (Lipinski definition) is 2. The summed E-state index contributed by atoms with van der Waals surface area (Å²) in [6, 6.07) is 14.9. The molecule has 1 aromatic heterocycles. The van der Waals surface area contributed by atoms with Crippen molar-refractivity contribution in [3.05, 3.63) is 65.9 Å². The minimum atomic E-state index is -1.14. The molecule has 0 amide bonds. The summed E-state index contributed by atoms with van der Waals surface area (Å²) in [5, 5.41) is 11.8. The van der Waals surface area contributed by atoms with Crippen LogP contribution in [-0.4, -0.2) is 17.0 Å². The number of carboxylic acids is 1. The summed E-state index contributed by atoms with van der Waals surface area (Å²) in [5.74, 6) is -0.396. The van der Waals surface area contributed by atoms with E-state index in [1.54, 1.807) is 0 Å². The third-order valence-electron chi connectivity index (χ3n) is 3.79. The van der Waals surface area contributed by atoms with Crippen LogP contribution >= 0.6 is 0 Å². The summed E-state index contributed by atoms with van der Waals surface area (Å²) in [7, 11) is 0. The highest BCUT2D eigenvalue weighted by Crippen LogP contribution is 2.25. The highest BCUT2D eigenvalue weighted by molar-refractivity contribution is 5.85. The van der Waals surface area contributed by atoms with Crippen LogP contribution in [0.3, 0.4) is 0 Å². The van der Waals surface area contributed by atoms with Crippen LogP contribution in [0.25, 0.3) is 10.9 Å². The molecule has 0 radical (unpaired) electrons. The molecule has 0 spiro atoms. The van der Waals surface area contributed by atoms with Gasteiger partial charge in [-0.15, -0.1) is 0 Å². The van der Waals surface area contributed by atoms with Crippen molar-refractivity contribution >= 4 is 16.9 Å². The maximum atomic E-state index is 10.9. The van der Waals surface area contributed by atoms with Crippen LogP contribution in [0, 0.1) is 0 Å². The Balaban J connectivity index is 1.78. The zero-order chi connectivity index (χ0) is 16.2. The number of rotatable bonds is 6. The van der Waals surface area contributed by atoms with Crippen LogP contribution in [-0.2, 0) is 17.8 Å². The molecule has 5 nitrogen and oxygen atoms in total. The molecular weight excluding hydrogens is 292 g/mol. The number of aromatic nitrogens is 1. The van der Waals surface area contributed by atoms with E-state index in [2.05, 4.69) is 10.7 Å². The Hall–Kier alpha value is -2.79. The number of aromatic amines is 1. The number of carbonyl (C=O) groups excluding carboxylic acids is 1. The van der Waals surface area contributed by atoms with Crippen molar-refractivity contribution in [1.29, 1.82) is 0 Å². The van der Waals surface area contributed by atoms with Gasteiger partial charge in [0.2, 0.25) is 0 Å². The Bertz CT molecular complexity index is 812. The predicted octanol–water partition coefficient (Wildman–Crippen LogP) is 0.650. The monoisotopic (exact) mass is 310 g/mol. The summed E-state index contributed by atoms with van der Waals surface area (Å²) < 4.78 is 5.82. The van der Waals surface area contributed by atoms with E-state index in [1.165, 1.54) is 0 Å². The fourth-order valence-corrected chi connectivity index (χ4v) is 2.51. The SMILES string of the molecule is [NH3+][C@@H](Cc1c[nH]c2ccc(OCc3ccccc3)cc12)C(=O)[O-]. The molecule has 0 unspecified atom stereocenters. The molecule has 3 rings (SSSR count). The van der Waals surface area contributed by atoms with Crippen LogP contribution < -0.4 is 15.6 Å². The fraction of sp³-hybridized carbons (Fsp3) is 0.167. The van der Waals surface area contributed by atoms with Crippen LogP contribution in [0.5, 0.6) is 5.75 Å². The first-order valence-corrected chi connectivity index (χ1v) is 7.44. The van der Waals surface area contributed by atoms with Crippen LogP contribution in [0.1, 0.15) is 11.1 Å². The summed E-state index contributed by atoms with van der Waals surface area (Å²) in [6.07, 6.45) is 2.14. The third-order valence-corrected chi connectivity index (χ3v) is 3.79. The quantitative estimate of drug-likeness (QED) is 0.700. The molecule has 23 heavy (non-hydrogen) atoms. The number of H-pyrrole nitrogens is 1. The van der Waals surface area contributed by atoms with Crippen molar-refractivity contribution < 1.29 is 20.4 Å². The molecule has 5 heteroatoms. The topological polar surface area (TPSA) is 92.8 Å². The van der Waals surface area contributed by atoms with Gasteiger partial charge in [0.25, 0.3) is 0 Å². The van der Waals surface area contributed by atoms with Crippen LogP contribution in [0.2, 0.25) is 0 Å². The Labute approximate surface area is 133 Å². The molecule has 0 aliphatic heterocycles. The molecule has 0 saturated heterocycles. The maximum Gasteiger partial charge on any atom is 0.129 e. The second kappa shape index (κ2) is 6.54. The second-order valence-corrected chi connectivity index (χ2v) is 5.52. The fourth-order valence-electron chi connectivity index (χ4n) is 2.51. The molecule has 0 aliphatic carbocycles. The van der Waals surface area contributed by atoms with E-state index in [-0.39, 0.29) is 0 Å². The van der Waals surface area contributed by atoms with Crippen molar-refractivity contribution in [3.63, 3.8) is 0 Å². The number of hydrogen-bond acceptors (Lipinski definition) is 3. The van der Waals surface area contributed by atoms with Gasteiger partial charge < -0.3 is 25.4 Å². The summed E-state index contributed by atoms with van der Waals surface area (Å²) >= 11 is 0. The number of quaternary nitrogens is 1. The molecule has 118 valence electrons. The van der Waals surface area contributed by atoms with Gasteiger partial charge >= 0.3 is 0 Å². The van der Waals surface area contributed by atoms with Crippen molar-refractivity contribution in [2.24, 2.45) is 0 Å². The number of nitrogens with one attached hydrogen (secondary N) is 1. The maximum absolute atomic E-state index is 10.9. The summed E-state index contributed by atoms with van der Waals surface area (Å²) in [6.45, 7) is 0.489. The van der Waals surface area contributed by atoms with Crippen molar-refractivity contribution in [1.82, 2.24) is 4.98 Å². The van der Waals surface area contributed by atoms with Crippen molar-refractivity contribution in [2.45, 2.75) is 19.1 Å². The van der Waals surface area contributed by atoms with E-state index in [4.69, 9.17) is 4.74 Å². The number of carboxylic acid groups (broad SMARTS) is 1. The average Bonchev–Trinajstić information content (AvgIpc) is 2.96. The molecule has 2 aromatic carbocycles. The van der Waals surface area contributed by atoms with Gasteiger partial charge in [-0.25, -0.2) is 0 Å². The van der Waals surface area contributed by atoms with Crippen LogP contribution in [0.15, 0.2) is 54.7 Å². The molecule has 4 N–H and O–H groups in total. The normalized spacial score (nSPS) is 12.2. The van der Waals surface area contributed by atoms with E-state index in [9.17, 15) is 9.90 Å². The lowest BCUT2D eigenvalue weighted by atomic mass is 10.1. The van der Waals surface area contributed by atoms with E-state index >= 15 is 0 Å². The first kappa shape index (κ1) is 15.1. The molecule has 0 fully saturated rings. The standard InChI is InChI=1S/C18H18N2O3/c19-16(18(21)22)8-13-10-20-17-7-6-14(9-15(13)17)23-11-12-4-2-1-3-5-12/h1-7,9-10,16,20H,8,11,19H2,(H,21,22)/t16-/m0/s1. The highest BCUT2D eigenvalue weighted by atomic mass is 16.5. The second-order valence-electron chi connectivity index (χ2n) is 5.52. The molecule has 0 bridgehead atoms. The minimum Gasteiger partial charge on any atom is -0.544 e. The molecule has 0 saturated carbocycles. The lowest BCUT2D eigenvalue weighted by Crippen LogP contribution is -2.69. The Morgan fingerprint density at radius 2 is 2.00 bits per heavy atom. The van der Waals surface area contributed by atoms with E-state index in [0.717, 1.165) is 27.8 Å². The van der Waals surface area contributed by atoms with Gasteiger partial charge in [0, 0.05) is 23.5 Å². The zero-order valence-corrected chi connectivity index (χ0v) is 12.6. The van der Waals surface area contributed by atoms with Gasteiger partial charge in [-0.1, -0.05) is 30.3 Å². The van der Waals surface area contributed by atoms with Gasteiger partial charge in [0.1, 0.15) is 18.4 Å². The number of aliphatic carboxylic acids is 1. The molecule has 1 heterocycles. The number of fused-ring (bicyclic) bond motifs is 1. The number of ether oxygens (including phenoxy) is 1. The zero-order valence-electron chi connectivity index (χ0n) is 12.6. The molecule has 3 aromatic rings. The minimum absolute atomic E-state index is 0.324.